The molecule has 1 unspecified atom stereocenters. The van der Waals surface area contributed by atoms with Crippen LogP contribution in [0.1, 0.15) is 24.2 Å². The Hall–Kier alpha value is -2.20. The van der Waals surface area contributed by atoms with Crippen molar-refractivity contribution in [1.82, 2.24) is 15.3 Å². The van der Waals surface area contributed by atoms with E-state index in [1.807, 2.05) is 13.0 Å². The average Bonchev–Trinajstić information content (AvgIpc) is 2.46. The molecule has 0 bridgehead atoms. The molecule has 0 aromatic carbocycles. The van der Waals surface area contributed by atoms with Crippen molar-refractivity contribution in [2.75, 3.05) is 31.1 Å². The van der Waals surface area contributed by atoms with Crippen LogP contribution in [0.5, 0.6) is 0 Å². The molecular formula is C14H19N5O2. The first-order valence-electron chi connectivity index (χ1n) is 7.01. The number of aromatic nitrogens is 2. The minimum atomic E-state index is -0.844. The highest BCUT2D eigenvalue weighted by atomic mass is 16.4. The SMILES string of the molecule is Cc1cc(C#N)nc(N2CCCC(CNCC(=O)O)C2)n1. The van der Waals surface area contributed by atoms with Crippen LogP contribution in [0.3, 0.4) is 0 Å². The summed E-state index contributed by atoms with van der Waals surface area (Å²) in [6, 6.07) is 3.72. The Morgan fingerprint density at radius 2 is 2.43 bits per heavy atom. The van der Waals surface area contributed by atoms with Crippen molar-refractivity contribution in [3.05, 3.63) is 17.5 Å². The number of nitrogens with one attached hydrogen (secondary N) is 1. The Morgan fingerprint density at radius 3 is 3.14 bits per heavy atom. The summed E-state index contributed by atoms with van der Waals surface area (Å²) in [7, 11) is 0. The Balaban J connectivity index is 1.99. The third-order valence-corrected chi connectivity index (χ3v) is 3.47. The van der Waals surface area contributed by atoms with E-state index in [1.165, 1.54) is 0 Å². The van der Waals surface area contributed by atoms with Gasteiger partial charge < -0.3 is 15.3 Å². The van der Waals surface area contributed by atoms with Gasteiger partial charge in [0.05, 0.1) is 6.54 Å². The smallest absolute Gasteiger partial charge is 0.317 e. The average molecular weight is 289 g/mol. The summed E-state index contributed by atoms with van der Waals surface area (Å²) in [4.78, 5) is 21.2. The van der Waals surface area contributed by atoms with Crippen LogP contribution in [0.4, 0.5) is 5.95 Å². The third kappa shape index (κ3) is 4.39. The van der Waals surface area contributed by atoms with Crippen molar-refractivity contribution in [3.63, 3.8) is 0 Å². The van der Waals surface area contributed by atoms with Crippen LogP contribution < -0.4 is 10.2 Å². The van der Waals surface area contributed by atoms with Crippen LogP contribution in [0.15, 0.2) is 6.07 Å². The Bertz CT molecular complexity index is 555. The number of carbonyl (C=O) groups is 1. The van der Waals surface area contributed by atoms with Gasteiger partial charge in [-0.2, -0.15) is 5.26 Å². The number of carboxylic acids is 1. The quantitative estimate of drug-likeness (QED) is 0.815. The summed E-state index contributed by atoms with van der Waals surface area (Å²) < 4.78 is 0. The van der Waals surface area contributed by atoms with E-state index in [2.05, 4.69) is 20.2 Å². The van der Waals surface area contributed by atoms with Gasteiger partial charge in [-0.15, -0.1) is 0 Å². The van der Waals surface area contributed by atoms with Gasteiger partial charge >= 0.3 is 5.97 Å². The molecular weight excluding hydrogens is 270 g/mol. The highest BCUT2D eigenvalue weighted by Crippen LogP contribution is 2.20. The van der Waals surface area contributed by atoms with Gasteiger partial charge in [-0.3, -0.25) is 4.79 Å². The fourth-order valence-electron chi connectivity index (χ4n) is 2.55. The zero-order valence-electron chi connectivity index (χ0n) is 12.0. The maximum absolute atomic E-state index is 10.5. The van der Waals surface area contributed by atoms with Gasteiger partial charge in [0.15, 0.2) is 0 Å². The van der Waals surface area contributed by atoms with Gasteiger partial charge in [0, 0.05) is 25.3 Å². The molecule has 1 aliphatic heterocycles. The minimum Gasteiger partial charge on any atom is -0.480 e. The number of hydrogen-bond acceptors (Lipinski definition) is 6. The maximum atomic E-state index is 10.5. The largest absolute Gasteiger partial charge is 0.480 e. The lowest BCUT2D eigenvalue weighted by Crippen LogP contribution is -2.41. The van der Waals surface area contributed by atoms with Gasteiger partial charge in [-0.25, -0.2) is 9.97 Å². The van der Waals surface area contributed by atoms with Crippen molar-refractivity contribution < 1.29 is 9.90 Å². The molecule has 1 saturated heterocycles. The second kappa shape index (κ2) is 6.99. The lowest BCUT2D eigenvalue weighted by Gasteiger charge is -2.33. The normalized spacial score (nSPS) is 18.3. The van der Waals surface area contributed by atoms with Crippen LogP contribution in [-0.2, 0) is 4.79 Å². The molecule has 0 radical (unpaired) electrons. The van der Waals surface area contributed by atoms with Crippen molar-refractivity contribution >= 4 is 11.9 Å². The minimum absolute atomic E-state index is 0.0178. The molecule has 0 saturated carbocycles. The van der Waals surface area contributed by atoms with Gasteiger partial charge in [0.25, 0.3) is 0 Å². The summed E-state index contributed by atoms with van der Waals surface area (Å²) in [5.74, 6) is 0.116. The molecule has 0 amide bonds. The van der Waals surface area contributed by atoms with Gasteiger partial charge in [0.1, 0.15) is 11.8 Å². The first-order valence-corrected chi connectivity index (χ1v) is 7.01. The number of nitrogens with zero attached hydrogens (tertiary/aromatic N) is 4. The van der Waals surface area contributed by atoms with Gasteiger partial charge in [-0.05, 0) is 31.7 Å². The van der Waals surface area contributed by atoms with E-state index in [-0.39, 0.29) is 6.54 Å². The lowest BCUT2D eigenvalue weighted by molar-refractivity contribution is -0.136. The number of hydrogen-bond donors (Lipinski definition) is 2. The zero-order valence-corrected chi connectivity index (χ0v) is 12.0. The molecule has 2 N–H and O–H groups in total. The fraction of sp³-hybridized carbons (Fsp3) is 0.571. The van der Waals surface area contributed by atoms with Crippen LogP contribution in [0.25, 0.3) is 0 Å². The van der Waals surface area contributed by atoms with Crippen LogP contribution in [-0.4, -0.2) is 47.2 Å². The predicted molar refractivity (Wildman–Crippen MR) is 76.9 cm³/mol. The molecule has 7 heteroatoms. The van der Waals surface area contributed by atoms with Gasteiger partial charge in [-0.1, -0.05) is 0 Å². The second-order valence-corrected chi connectivity index (χ2v) is 5.29. The van der Waals surface area contributed by atoms with E-state index in [0.717, 1.165) is 31.6 Å². The van der Waals surface area contributed by atoms with E-state index in [9.17, 15) is 4.79 Å². The Labute approximate surface area is 123 Å². The molecule has 21 heavy (non-hydrogen) atoms. The highest BCUT2D eigenvalue weighted by molar-refractivity contribution is 5.68. The van der Waals surface area contributed by atoms with E-state index >= 15 is 0 Å². The molecule has 7 nitrogen and oxygen atoms in total. The summed E-state index contributed by atoms with van der Waals surface area (Å²) in [6.45, 7) is 4.14. The topological polar surface area (TPSA) is 102 Å². The summed E-state index contributed by atoms with van der Waals surface area (Å²) in [6.07, 6.45) is 2.07. The van der Waals surface area contributed by atoms with Crippen LogP contribution in [0.2, 0.25) is 0 Å². The molecule has 0 aliphatic carbocycles. The highest BCUT2D eigenvalue weighted by Gasteiger charge is 2.22. The molecule has 2 rings (SSSR count). The monoisotopic (exact) mass is 289 g/mol. The van der Waals surface area contributed by atoms with Gasteiger partial charge in [0.2, 0.25) is 5.95 Å². The van der Waals surface area contributed by atoms with Crippen LogP contribution >= 0.6 is 0 Å². The lowest BCUT2D eigenvalue weighted by atomic mass is 9.98. The standard InChI is InChI=1S/C14H19N5O2/c1-10-5-12(6-15)18-14(17-10)19-4-2-3-11(9-19)7-16-8-13(20)21/h5,11,16H,2-4,7-9H2,1H3,(H,20,21). The number of piperidine rings is 1. The Kier molecular flexibility index (Phi) is 5.06. The van der Waals surface area contributed by atoms with Crippen molar-refractivity contribution in [2.24, 2.45) is 5.92 Å². The summed E-state index contributed by atoms with van der Waals surface area (Å²) in [5, 5.41) is 20.6. The number of carboxylic acid groups (broad SMARTS) is 1. The molecule has 1 aromatic rings. The Morgan fingerprint density at radius 1 is 1.62 bits per heavy atom. The third-order valence-electron chi connectivity index (χ3n) is 3.47. The number of nitriles is 1. The molecule has 1 aromatic heterocycles. The van der Waals surface area contributed by atoms with Crippen molar-refractivity contribution in [3.8, 4) is 6.07 Å². The molecule has 0 spiro atoms. The molecule has 1 fully saturated rings. The summed E-state index contributed by atoms with van der Waals surface area (Å²) in [5.41, 5.74) is 1.16. The number of rotatable bonds is 5. The number of aliphatic carboxylic acids is 1. The predicted octanol–water partition coefficient (Wildman–Crippen LogP) is 0.547. The fourth-order valence-corrected chi connectivity index (χ4v) is 2.55. The first kappa shape index (κ1) is 15.2. The molecule has 112 valence electrons. The molecule has 1 atom stereocenters. The van der Waals surface area contributed by atoms with Crippen molar-refractivity contribution in [1.29, 1.82) is 5.26 Å². The van der Waals surface area contributed by atoms with Crippen LogP contribution in [0, 0.1) is 24.2 Å². The summed E-state index contributed by atoms with van der Waals surface area (Å²) >= 11 is 0. The van der Waals surface area contributed by atoms with E-state index in [4.69, 9.17) is 10.4 Å². The molecule has 1 aliphatic rings. The van der Waals surface area contributed by atoms with E-state index in [1.54, 1.807) is 6.07 Å². The number of anilines is 1. The van der Waals surface area contributed by atoms with E-state index < -0.39 is 5.97 Å². The second-order valence-electron chi connectivity index (χ2n) is 5.29. The zero-order chi connectivity index (χ0) is 15.2. The maximum Gasteiger partial charge on any atom is 0.317 e. The van der Waals surface area contributed by atoms with E-state index in [0.29, 0.717) is 24.1 Å². The van der Waals surface area contributed by atoms with Crippen molar-refractivity contribution in [2.45, 2.75) is 19.8 Å². The molecule has 2 heterocycles. The number of aryl methyl sites for hydroxylation is 1. The first-order chi connectivity index (χ1) is 10.1.